The number of ether oxygens (including phenoxy) is 1. The number of nitrogens with zero attached hydrogens (tertiary/aromatic N) is 2. The Bertz CT molecular complexity index is 1250. The summed E-state index contributed by atoms with van der Waals surface area (Å²) in [5.74, 6) is 1.38. The molecule has 1 saturated heterocycles. The molecule has 0 N–H and O–H groups in total. The molecule has 4 rings (SSSR count). The van der Waals surface area contributed by atoms with Gasteiger partial charge in [0.15, 0.2) is 0 Å². The van der Waals surface area contributed by atoms with Crippen LogP contribution in [0.5, 0.6) is 5.75 Å². The van der Waals surface area contributed by atoms with Crippen molar-refractivity contribution in [2.45, 2.75) is 36.4 Å². The van der Waals surface area contributed by atoms with E-state index in [1.165, 1.54) is 4.31 Å². The molecule has 0 unspecified atom stereocenters. The van der Waals surface area contributed by atoms with E-state index in [4.69, 9.17) is 4.74 Å². The van der Waals surface area contributed by atoms with E-state index in [0.29, 0.717) is 25.9 Å². The average molecular weight is 539 g/mol. The van der Waals surface area contributed by atoms with Gasteiger partial charge in [0.25, 0.3) is 0 Å². The molecule has 37 heavy (non-hydrogen) atoms. The van der Waals surface area contributed by atoms with Gasteiger partial charge in [-0.1, -0.05) is 72.8 Å². The molecule has 3 aromatic carbocycles. The van der Waals surface area contributed by atoms with E-state index < -0.39 is 16.1 Å². The molecule has 0 saturated carbocycles. The van der Waals surface area contributed by atoms with Crippen LogP contribution in [0.25, 0.3) is 0 Å². The fourth-order valence-corrected chi connectivity index (χ4v) is 7.55. The molecule has 3 aromatic rings. The number of likely N-dealkylation sites (N-methyl/N-ethyl adjacent to an activating group) is 1. The largest absolute Gasteiger partial charge is 0.497 e. The number of amides is 1. The molecular weight excluding hydrogens is 504 g/mol. The topological polar surface area (TPSA) is 66.9 Å². The average Bonchev–Trinajstić information content (AvgIpc) is 3.37. The first-order valence-electron chi connectivity index (χ1n) is 12.4. The molecule has 196 valence electrons. The van der Waals surface area contributed by atoms with Gasteiger partial charge in [-0.05, 0) is 41.7 Å². The lowest BCUT2D eigenvalue weighted by Gasteiger charge is -2.27. The molecule has 1 amide bonds. The highest BCUT2D eigenvalue weighted by Crippen LogP contribution is 2.33. The summed E-state index contributed by atoms with van der Waals surface area (Å²) in [6.07, 6.45) is 0.924. The highest BCUT2D eigenvalue weighted by Gasteiger charge is 2.44. The summed E-state index contributed by atoms with van der Waals surface area (Å²) in [7, 11) is -0.236. The van der Waals surface area contributed by atoms with Crippen molar-refractivity contribution in [2.24, 2.45) is 0 Å². The molecule has 1 aliphatic heterocycles. The second kappa shape index (κ2) is 12.6. The molecule has 0 aromatic heterocycles. The van der Waals surface area contributed by atoms with Crippen molar-refractivity contribution in [2.75, 3.05) is 26.5 Å². The summed E-state index contributed by atoms with van der Waals surface area (Å²) in [5.41, 5.74) is 3.13. The molecule has 8 heteroatoms. The Hall–Kier alpha value is -2.81. The van der Waals surface area contributed by atoms with Crippen LogP contribution >= 0.6 is 11.8 Å². The van der Waals surface area contributed by atoms with E-state index in [0.717, 1.165) is 28.2 Å². The standard InChI is InChI=1S/C29H34N2O4S2/c1-30(20-24-11-7-4-8-12-24)29(32)28-19-27(36-22-25-13-15-26(35-2)16-14-25)21-31(28)37(33,34)18-17-23-9-5-3-6-10-23/h3-16,27-28H,17-22H2,1-2H3/t27-,28+/m1/s1. The molecule has 1 heterocycles. The van der Waals surface area contributed by atoms with Gasteiger partial charge in [-0.2, -0.15) is 16.1 Å². The predicted octanol–water partition coefficient (Wildman–Crippen LogP) is 4.60. The maximum Gasteiger partial charge on any atom is 0.241 e. The summed E-state index contributed by atoms with van der Waals surface area (Å²) in [4.78, 5) is 15.2. The molecule has 6 nitrogen and oxygen atoms in total. The van der Waals surface area contributed by atoms with Crippen LogP contribution in [-0.2, 0) is 33.5 Å². The zero-order valence-corrected chi connectivity index (χ0v) is 23.0. The highest BCUT2D eigenvalue weighted by molar-refractivity contribution is 7.99. The smallest absolute Gasteiger partial charge is 0.241 e. The second-order valence-electron chi connectivity index (χ2n) is 9.33. The predicted molar refractivity (Wildman–Crippen MR) is 150 cm³/mol. The van der Waals surface area contributed by atoms with Crippen LogP contribution in [0, 0.1) is 0 Å². The van der Waals surface area contributed by atoms with Crippen LogP contribution in [0.15, 0.2) is 84.9 Å². The first-order valence-corrected chi connectivity index (χ1v) is 15.1. The minimum atomic E-state index is -3.63. The summed E-state index contributed by atoms with van der Waals surface area (Å²) in [5, 5.41) is 0.0349. The maximum atomic E-state index is 13.6. The summed E-state index contributed by atoms with van der Waals surface area (Å²) in [6, 6.07) is 26.6. The van der Waals surface area contributed by atoms with Crippen molar-refractivity contribution in [3.8, 4) is 5.75 Å². The Kier molecular flexibility index (Phi) is 9.29. The van der Waals surface area contributed by atoms with Gasteiger partial charge in [0.1, 0.15) is 11.8 Å². The van der Waals surface area contributed by atoms with Crippen molar-refractivity contribution >= 4 is 27.7 Å². The van der Waals surface area contributed by atoms with E-state index in [-0.39, 0.29) is 16.9 Å². The Morgan fingerprint density at radius 1 is 0.946 bits per heavy atom. The Morgan fingerprint density at radius 2 is 1.57 bits per heavy atom. The van der Waals surface area contributed by atoms with Gasteiger partial charge in [0, 0.05) is 31.1 Å². The minimum absolute atomic E-state index is 0.0148. The van der Waals surface area contributed by atoms with E-state index in [1.54, 1.807) is 30.8 Å². The fraction of sp³-hybridized carbons (Fsp3) is 0.345. The normalized spacial score (nSPS) is 18.0. The number of hydrogen-bond acceptors (Lipinski definition) is 5. The van der Waals surface area contributed by atoms with Crippen molar-refractivity contribution in [1.29, 1.82) is 0 Å². The lowest BCUT2D eigenvalue weighted by atomic mass is 10.1. The number of benzene rings is 3. The molecule has 0 spiro atoms. The molecule has 0 radical (unpaired) electrons. The van der Waals surface area contributed by atoms with Gasteiger partial charge in [0.05, 0.1) is 12.9 Å². The van der Waals surface area contributed by atoms with Crippen molar-refractivity contribution in [3.05, 3.63) is 102 Å². The summed E-state index contributed by atoms with van der Waals surface area (Å²) >= 11 is 1.70. The zero-order valence-electron chi connectivity index (χ0n) is 21.3. The lowest BCUT2D eigenvalue weighted by molar-refractivity contribution is -0.133. The van der Waals surface area contributed by atoms with Gasteiger partial charge in [-0.3, -0.25) is 4.79 Å². The molecule has 1 fully saturated rings. The first-order chi connectivity index (χ1) is 17.9. The van der Waals surface area contributed by atoms with Gasteiger partial charge in [-0.25, -0.2) is 8.42 Å². The highest BCUT2D eigenvalue weighted by atomic mass is 32.2. The Morgan fingerprint density at radius 3 is 2.19 bits per heavy atom. The first kappa shape index (κ1) is 27.2. The number of carbonyl (C=O) groups excluding carboxylic acids is 1. The van der Waals surface area contributed by atoms with Crippen LogP contribution in [0.3, 0.4) is 0 Å². The number of carbonyl (C=O) groups is 1. The Balaban J connectivity index is 1.47. The van der Waals surface area contributed by atoms with Crippen LogP contribution in [0.4, 0.5) is 0 Å². The monoisotopic (exact) mass is 538 g/mol. The van der Waals surface area contributed by atoms with Crippen LogP contribution < -0.4 is 4.74 Å². The number of rotatable bonds is 11. The number of thioether (sulfide) groups is 1. The van der Waals surface area contributed by atoms with E-state index in [9.17, 15) is 13.2 Å². The third kappa shape index (κ3) is 7.37. The zero-order chi connectivity index (χ0) is 26.3. The maximum absolute atomic E-state index is 13.6. The second-order valence-corrected chi connectivity index (χ2v) is 12.7. The SMILES string of the molecule is COc1ccc(CS[C@@H]2C[C@@H](C(=O)N(C)Cc3ccccc3)N(S(=O)(=O)CCc3ccccc3)C2)cc1. The van der Waals surface area contributed by atoms with Crippen LogP contribution in [0.1, 0.15) is 23.1 Å². The summed E-state index contributed by atoms with van der Waals surface area (Å²) in [6.45, 7) is 0.783. The third-order valence-electron chi connectivity index (χ3n) is 6.63. The molecule has 1 aliphatic rings. The van der Waals surface area contributed by atoms with Crippen LogP contribution in [-0.4, -0.2) is 61.3 Å². The molecule has 0 bridgehead atoms. The van der Waals surface area contributed by atoms with E-state index in [1.807, 2.05) is 84.9 Å². The number of sulfonamides is 1. The van der Waals surface area contributed by atoms with Crippen LogP contribution in [0.2, 0.25) is 0 Å². The molecule has 0 aliphatic carbocycles. The van der Waals surface area contributed by atoms with Crippen molar-refractivity contribution in [3.63, 3.8) is 0 Å². The number of aryl methyl sites for hydroxylation is 1. The van der Waals surface area contributed by atoms with E-state index >= 15 is 0 Å². The number of hydrogen-bond donors (Lipinski definition) is 0. The minimum Gasteiger partial charge on any atom is -0.497 e. The van der Waals surface area contributed by atoms with Gasteiger partial charge in [-0.15, -0.1) is 0 Å². The summed E-state index contributed by atoms with van der Waals surface area (Å²) < 4.78 is 33.7. The lowest BCUT2D eigenvalue weighted by Crippen LogP contribution is -2.47. The molecular formula is C29H34N2O4S2. The Labute approximate surface area is 224 Å². The van der Waals surface area contributed by atoms with Gasteiger partial charge >= 0.3 is 0 Å². The third-order valence-corrected chi connectivity index (χ3v) is 9.79. The fourth-order valence-electron chi connectivity index (χ4n) is 4.56. The molecule has 2 atom stereocenters. The number of methoxy groups -OCH3 is 1. The van der Waals surface area contributed by atoms with Gasteiger partial charge in [0.2, 0.25) is 15.9 Å². The van der Waals surface area contributed by atoms with Crippen molar-refractivity contribution in [1.82, 2.24) is 9.21 Å². The van der Waals surface area contributed by atoms with Crippen molar-refractivity contribution < 1.29 is 17.9 Å². The van der Waals surface area contributed by atoms with Gasteiger partial charge < -0.3 is 9.64 Å². The van der Waals surface area contributed by atoms with E-state index in [2.05, 4.69) is 0 Å². The quantitative estimate of drug-likeness (QED) is 0.357.